The lowest BCUT2D eigenvalue weighted by Crippen LogP contribution is -2.49. The summed E-state index contributed by atoms with van der Waals surface area (Å²) in [7, 11) is 1.86. The van der Waals surface area contributed by atoms with Crippen LogP contribution in [-0.4, -0.2) is 68.4 Å². The molecule has 0 aliphatic carbocycles. The summed E-state index contributed by atoms with van der Waals surface area (Å²) < 4.78 is 1.72. The predicted molar refractivity (Wildman–Crippen MR) is 101 cm³/mol. The molecule has 4 rings (SSSR count). The van der Waals surface area contributed by atoms with Gasteiger partial charge < -0.3 is 4.90 Å². The van der Waals surface area contributed by atoms with Crippen molar-refractivity contribution in [2.75, 3.05) is 32.7 Å². The fraction of sp³-hybridized carbons (Fsp3) is 0.389. The van der Waals surface area contributed by atoms with E-state index < -0.39 is 0 Å². The van der Waals surface area contributed by atoms with Gasteiger partial charge in [-0.05, 0) is 23.9 Å². The highest BCUT2D eigenvalue weighted by atomic mass is 32.1. The SMILES string of the molecule is Cn1ccc(-c2[nH]ncc2C(=O)N2CCN(CCc3cccs3)CC2)n1. The molecule has 0 saturated carbocycles. The monoisotopic (exact) mass is 370 g/mol. The van der Waals surface area contributed by atoms with Gasteiger partial charge in [0.25, 0.3) is 5.91 Å². The number of aromatic nitrogens is 4. The van der Waals surface area contributed by atoms with Gasteiger partial charge in [0, 0.05) is 50.8 Å². The predicted octanol–water partition coefficient (Wildman–Crippen LogP) is 1.87. The molecule has 136 valence electrons. The molecule has 3 aromatic heterocycles. The van der Waals surface area contributed by atoms with Gasteiger partial charge in [-0.1, -0.05) is 6.07 Å². The number of hydrogen-bond acceptors (Lipinski definition) is 5. The van der Waals surface area contributed by atoms with Crippen molar-refractivity contribution in [3.8, 4) is 11.4 Å². The van der Waals surface area contributed by atoms with Crippen LogP contribution in [0.3, 0.4) is 0 Å². The summed E-state index contributed by atoms with van der Waals surface area (Å²) in [6.07, 6.45) is 4.55. The van der Waals surface area contributed by atoms with Gasteiger partial charge in [0.15, 0.2) is 0 Å². The molecule has 0 radical (unpaired) electrons. The van der Waals surface area contributed by atoms with Gasteiger partial charge in [-0.25, -0.2) is 0 Å². The molecule has 1 aliphatic heterocycles. The highest BCUT2D eigenvalue weighted by Crippen LogP contribution is 2.21. The van der Waals surface area contributed by atoms with Crippen LogP contribution in [0.4, 0.5) is 0 Å². The minimum Gasteiger partial charge on any atom is -0.336 e. The van der Waals surface area contributed by atoms with Gasteiger partial charge in [0.05, 0.1) is 17.5 Å². The van der Waals surface area contributed by atoms with Crippen molar-refractivity contribution in [3.05, 3.63) is 46.4 Å². The molecule has 3 aromatic rings. The second-order valence-corrected chi connectivity index (χ2v) is 7.53. The van der Waals surface area contributed by atoms with Crippen molar-refractivity contribution in [1.29, 1.82) is 0 Å². The maximum absolute atomic E-state index is 12.9. The Labute approximate surface area is 156 Å². The molecule has 0 unspecified atom stereocenters. The van der Waals surface area contributed by atoms with E-state index in [1.165, 1.54) is 4.88 Å². The van der Waals surface area contributed by atoms with E-state index in [2.05, 4.69) is 37.7 Å². The molecule has 1 fully saturated rings. The smallest absolute Gasteiger partial charge is 0.257 e. The molecular formula is C18H22N6OS. The average molecular weight is 370 g/mol. The first-order valence-corrected chi connectivity index (χ1v) is 9.66. The minimum absolute atomic E-state index is 0.0253. The van der Waals surface area contributed by atoms with Crippen LogP contribution >= 0.6 is 11.3 Å². The molecule has 1 N–H and O–H groups in total. The number of hydrogen-bond donors (Lipinski definition) is 1. The number of piperazine rings is 1. The molecule has 0 bridgehead atoms. The molecule has 0 atom stereocenters. The van der Waals surface area contributed by atoms with Crippen molar-refractivity contribution in [3.63, 3.8) is 0 Å². The topological polar surface area (TPSA) is 70.1 Å². The Kier molecular flexibility index (Phi) is 4.85. The van der Waals surface area contributed by atoms with Crippen LogP contribution < -0.4 is 0 Å². The fourth-order valence-electron chi connectivity index (χ4n) is 3.26. The Morgan fingerprint density at radius 1 is 1.27 bits per heavy atom. The zero-order chi connectivity index (χ0) is 17.9. The molecule has 7 nitrogen and oxygen atoms in total. The zero-order valence-corrected chi connectivity index (χ0v) is 15.6. The fourth-order valence-corrected chi connectivity index (χ4v) is 3.96. The van der Waals surface area contributed by atoms with Crippen molar-refractivity contribution in [2.24, 2.45) is 7.05 Å². The average Bonchev–Trinajstić information content (AvgIpc) is 3.41. The van der Waals surface area contributed by atoms with E-state index in [0.29, 0.717) is 11.3 Å². The molecule has 8 heteroatoms. The van der Waals surface area contributed by atoms with Gasteiger partial charge in [-0.15, -0.1) is 11.3 Å². The van der Waals surface area contributed by atoms with Crippen LogP contribution in [0.1, 0.15) is 15.2 Å². The number of carbonyl (C=O) groups is 1. The summed E-state index contributed by atoms with van der Waals surface area (Å²) in [4.78, 5) is 18.7. The van der Waals surface area contributed by atoms with E-state index in [-0.39, 0.29) is 5.91 Å². The van der Waals surface area contributed by atoms with Crippen LogP contribution in [0.15, 0.2) is 36.0 Å². The lowest BCUT2D eigenvalue weighted by molar-refractivity contribution is 0.0639. The van der Waals surface area contributed by atoms with Crippen molar-refractivity contribution < 1.29 is 4.79 Å². The zero-order valence-electron chi connectivity index (χ0n) is 14.8. The number of aryl methyl sites for hydroxylation is 1. The second-order valence-electron chi connectivity index (χ2n) is 6.50. The summed E-state index contributed by atoms with van der Waals surface area (Å²) in [5.74, 6) is 0.0253. The van der Waals surface area contributed by atoms with Gasteiger partial charge in [0.1, 0.15) is 5.69 Å². The molecular weight excluding hydrogens is 348 g/mol. The van der Waals surface area contributed by atoms with Gasteiger partial charge >= 0.3 is 0 Å². The summed E-state index contributed by atoms with van der Waals surface area (Å²) >= 11 is 1.81. The maximum Gasteiger partial charge on any atom is 0.257 e. The van der Waals surface area contributed by atoms with Crippen LogP contribution in [0, 0.1) is 0 Å². The number of nitrogens with one attached hydrogen (secondary N) is 1. The number of nitrogens with zero attached hydrogens (tertiary/aromatic N) is 5. The molecule has 4 heterocycles. The highest BCUT2D eigenvalue weighted by Gasteiger charge is 2.25. The number of H-pyrrole nitrogens is 1. The molecule has 1 amide bonds. The van der Waals surface area contributed by atoms with E-state index in [9.17, 15) is 4.79 Å². The number of aromatic amines is 1. The van der Waals surface area contributed by atoms with E-state index >= 15 is 0 Å². The Balaban J connectivity index is 1.36. The van der Waals surface area contributed by atoms with Crippen LogP contribution in [0.2, 0.25) is 0 Å². The third-order valence-corrected chi connectivity index (χ3v) is 5.69. The third kappa shape index (κ3) is 3.56. The van der Waals surface area contributed by atoms with E-state index in [1.807, 2.05) is 35.5 Å². The van der Waals surface area contributed by atoms with Crippen LogP contribution in [-0.2, 0) is 13.5 Å². The Hall–Kier alpha value is -2.45. The largest absolute Gasteiger partial charge is 0.336 e. The summed E-state index contributed by atoms with van der Waals surface area (Å²) in [5.41, 5.74) is 2.02. The minimum atomic E-state index is 0.0253. The number of rotatable bonds is 5. The Bertz CT molecular complexity index is 860. The number of carbonyl (C=O) groups excluding carboxylic acids is 1. The van der Waals surface area contributed by atoms with E-state index in [0.717, 1.165) is 44.8 Å². The highest BCUT2D eigenvalue weighted by molar-refractivity contribution is 7.09. The molecule has 26 heavy (non-hydrogen) atoms. The first kappa shape index (κ1) is 17.0. The quantitative estimate of drug-likeness (QED) is 0.744. The molecule has 1 aliphatic rings. The van der Waals surface area contributed by atoms with E-state index in [1.54, 1.807) is 10.9 Å². The number of thiophene rings is 1. The lowest BCUT2D eigenvalue weighted by Gasteiger charge is -2.34. The third-order valence-electron chi connectivity index (χ3n) is 4.75. The standard InChI is InChI=1S/C18H22N6OS/c1-22-6-5-16(21-22)17-15(13-19-20-17)18(25)24-10-8-23(9-11-24)7-4-14-3-2-12-26-14/h2-3,5-6,12-13H,4,7-11H2,1H3,(H,19,20). The lowest BCUT2D eigenvalue weighted by atomic mass is 10.1. The second kappa shape index (κ2) is 7.43. The molecule has 0 spiro atoms. The summed E-state index contributed by atoms with van der Waals surface area (Å²) in [5, 5.41) is 13.5. The Morgan fingerprint density at radius 3 is 2.81 bits per heavy atom. The van der Waals surface area contributed by atoms with Crippen molar-refractivity contribution >= 4 is 17.2 Å². The first-order valence-electron chi connectivity index (χ1n) is 8.78. The van der Waals surface area contributed by atoms with Crippen LogP contribution in [0.5, 0.6) is 0 Å². The van der Waals surface area contributed by atoms with Gasteiger partial charge in [-0.3, -0.25) is 19.5 Å². The van der Waals surface area contributed by atoms with Crippen LogP contribution in [0.25, 0.3) is 11.4 Å². The maximum atomic E-state index is 12.9. The normalized spacial score (nSPS) is 15.5. The summed E-state index contributed by atoms with van der Waals surface area (Å²) in [6, 6.07) is 6.16. The number of amides is 1. The van der Waals surface area contributed by atoms with Gasteiger partial charge in [0.2, 0.25) is 0 Å². The molecule has 1 saturated heterocycles. The van der Waals surface area contributed by atoms with Crippen molar-refractivity contribution in [2.45, 2.75) is 6.42 Å². The van der Waals surface area contributed by atoms with E-state index in [4.69, 9.17) is 0 Å². The molecule has 0 aromatic carbocycles. The summed E-state index contributed by atoms with van der Waals surface area (Å²) in [6.45, 7) is 4.36. The van der Waals surface area contributed by atoms with Crippen molar-refractivity contribution in [1.82, 2.24) is 29.8 Å². The Morgan fingerprint density at radius 2 is 2.12 bits per heavy atom. The first-order chi connectivity index (χ1) is 12.7. The van der Waals surface area contributed by atoms with Gasteiger partial charge in [-0.2, -0.15) is 10.2 Å².